The molecule has 1 aromatic rings. The van der Waals surface area contributed by atoms with Crippen molar-refractivity contribution >= 4 is 45.7 Å². The summed E-state index contributed by atoms with van der Waals surface area (Å²) in [5.74, 6) is 0. The van der Waals surface area contributed by atoms with E-state index in [2.05, 4.69) is 40.6 Å². The summed E-state index contributed by atoms with van der Waals surface area (Å²) < 4.78 is 13.3. The van der Waals surface area contributed by atoms with Gasteiger partial charge in [0.05, 0.1) is 25.5 Å². The molecule has 1 aromatic heterocycles. The monoisotopic (exact) mass is 404 g/mol. The van der Waals surface area contributed by atoms with E-state index in [1.54, 1.807) is 13.1 Å². The van der Waals surface area contributed by atoms with E-state index >= 15 is 0 Å². The number of halogens is 1. The number of ether oxygens (including phenoxy) is 2. The summed E-state index contributed by atoms with van der Waals surface area (Å²) in [5, 5.41) is 2.69. The summed E-state index contributed by atoms with van der Waals surface area (Å²) in [6, 6.07) is 1.28. The zero-order valence-corrected chi connectivity index (χ0v) is 14.9. The Morgan fingerprint density at radius 2 is 2.22 bits per heavy atom. The van der Waals surface area contributed by atoms with Crippen LogP contribution >= 0.6 is 27.9 Å². The van der Waals surface area contributed by atoms with E-state index in [1.807, 2.05) is 6.07 Å². The number of amides is 3. The summed E-state index contributed by atoms with van der Waals surface area (Å²) in [6.45, 7) is 4.65. The van der Waals surface area contributed by atoms with Gasteiger partial charge in [-0.25, -0.2) is 19.9 Å². The van der Waals surface area contributed by atoms with E-state index in [-0.39, 0.29) is 6.61 Å². The van der Waals surface area contributed by atoms with E-state index in [9.17, 15) is 9.59 Å². The molecule has 0 unspecified atom stereocenters. The Morgan fingerprint density at radius 1 is 1.48 bits per heavy atom. The maximum atomic E-state index is 11.6. The molecule has 1 saturated heterocycles. The zero-order chi connectivity index (χ0) is 16.7. The van der Waals surface area contributed by atoms with E-state index in [0.717, 1.165) is 35.2 Å². The largest absolute Gasteiger partial charge is 0.450 e. The van der Waals surface area contributed by atoms with Crippen molar-refractivity contribution in [1.29, 1.82) is 0 Å². The third-order valence-corrected chi connectivity index (χ3v) is 4.11. The van der Waals surface area contributed by atoms with Crippen LogP contribution in [-0.2, 0) is 9.47 Å². The number of pyridine rings is 1. The smallest absolute Gasteiger partial charge is 0.415 e. The molecule has 23 heavy (non-hydrogen) atoms. The molecule has 8 nitrogen and oxygen atoms in total. The van der Waals surface area contributed by atoms with Gasteiger partial charge in [0.1, 0.15) is 5.03 Å². The quantitative estimate of drug-likeness (QED) is 0.742. The first-order chi connectivity index (χ1) is 11.1. The Hall–Kier alpha value is -1.52. The molecule has 2 rings (SSSR count). The highest BCUT2D eigenvalue weighted by atomic mass is 79.9. The molecule has 126 valence electrons. The van der Waals surface area contributed by atoms with Gasteiger partial charge < -0.3 is 14.4 Å². The van der Waals surface area contributed by atoms with E-state index < -0.39 is 12.1 Å². The molecule has 2 heterocycles. The van der Waals surface area contributed by atoms with Crippen molar-refractivity contribution in [2.75, 3.05) is 37.8 Å². The molecule has 0 spiro atoms. The SMILES string of the molecule is CCOC(=O)NC(=O)NSc1ncc(Br)cc1N1CCOCC1. The fourth-order valence-electron chi connectivity index (χ4n) is 1.91. The summed E-state index contributed by atoms with van der Waals surface area (Å²) in [6.07, 6.45) is 0.861. The lowest BCUT2D eigenvalue weighted by Crippen LogP contribution is -2.38. The number of aromatic nitrogens is 1. The van der Waals surface area contributed by atoms with Crippen molar-refractivity contribution in [3.05, 3.63) is 16.7 Å². The number of carbonyl (C=O) groups excluding carboxylic acids is 2. The van der Waals surface area contributed by atoms with Crippen molar-refractivity contribution in [3.8, 4) is 0 Å². The van der Waals surface area contributed by atoms with Crippen molar-refractivity contribution in [2.45, 2.75) is 11.9 Å². The Morgan fingerprint density at radius 3 is 2.91 bits per heavy atom. The third kappa shape index (κ3) is 5.56. The highest BCUT2D eigenvalue weighted by molar-refractivity contribution is 9.10. The molecule has 1 aliphatic heterocycles. The molecule has 1 fully saturated rings. The Bertz CT molecular complexity index is 569. The van der Waals surface area contributed by atoms with Crippen LogP contribution in [0.5, 0.6) is 0 Å². The maximum absolute atomic E-state index is 11.6. The first-order valence-electron chi connectivity index (χ1n) is 6.99. The summed E-state index contributed by atoms with van der Waals surface area (Å²) in [5.41, 5.74) is 0.893. The fourth-order valence-corrected chi connectivity index (χ4v) is 2.86. The molecule has 1 aliphatic rings. The second kappa shape index (κ2) is 8.94. The van der Waals surface area contributed by atoms with Gasteiger partial charge in [-0.15, -0.1) is 0 Å². The Kier molecular flexibility index (Phi) is 6.93. The molecule has 0 radical (unpaired) electrons. The number of imide groups is 1. The van der Waals surface area contributed by atoms with Crippen molar-refractivity contribution in [2.24, 2.45) is 0 Å². The zero-order valence-electron chi connectivity index (χ0n) is 12.5. The molecule has 0 aliphatic carbocycles. The molecule has 0 bridgehead atoms. The number of rotatable bonds is 4. The predicted molar refractivity (Wildman–Crippen MR) is 89.5 cm³/mol. The molecule has 2 N–H and O–H groups in total. The van der Waals surface area contributed by atoms with Crippen LogP contribution < -0.4 is 14.9 Å². The molecular formula is C13H17BrN4O4S. The van der Waals surface area contributed by atoms with Crippen LogP contribution in [0.25, 0.3) is 0 Å². The number of nitrogens with zero attached hydrogens (tertiary/aromatic N) is 2. The third-order valence-electron chi connectivity index (χ3n) is 2.88. The number of carbonyl (C=O) groups is 2. The van der Waals surface area contributed by atoms with Crippen LogP contribution in [0.4, 0.5) is 15.3 Å². The molecule has 3 amide bonds. The van der Waals surface area contributed by atoms with Crippen molar-refractivity contribution < 1.29 is 19.1 Å². The van der Waals surface area contributed by atoms with Crippen LogP contribution in [0.15, 0.2) is 21.8 Å². The molecular weight excluding hydrogens is 388 g/mol. The number of alkyl carbamates (subject to hydrolysis) is 1. The second-order valence-corrected chi connectivity index (χ2v) is 6.17. The van der Waals surface area contributed by atoms with Gasteiger partial charge in [0, 0.05) is 35.7 Å². The predicted octanol–water partition coefficient (Wildman–Crippen LogP) is 2.14. The van der Waals surface area contributed by atoms with Gasteiger partial charge in [0.2, 0.25) is 0 Å². The highest BCUT2D eigenvalue weighted by Crippen LogP contribution is 2.29. The summed E-state index contributed by atoms with van der Waals surface area (Å²) in [7, 11) is 0. The molecule has 0 saturated carbocycles. The minimum atomic E-state index is -0.789. The maximum Gasteiger partial charge on any atom is 0.415 e. The average molecular weight is 405 g/mol. The number of morpholine rings is 1. The standard InChI is InChI=1S/C13H17BrN4O4S/c1-2-22-13(20)16-12(19)17-23-11-10(7-9(14)8-15-11)18-3-5-21-6-4-18/h7-8H,2-6H2,1H3,(H2,16,17,19,20). The molecule has 0 aromatic carbocycles. The number of hydrogen-bond donors (Lipinski definition) is 2. The average Bonchev–Trinajstić information content (AvgIpc) is 2.54. The minimum Gasteiger partial charge on any atom is -0.450 e. The molecule has 10 heteroatoms. The van der Waals surface area contributed by atoms with Crippen molar-refractivity contribution in [1.82, 2.24) is 15.0 Å². The lowest BCUT2D eigenvalue weighted by Gasteiger charge is -2.29. The normalized spacial score (nSPS) is 14.3. The minimum absolute atomic E-state index is 0.196. The van der Waals surface area contributed by atoms with Gasteiger partial charge >= 0.3 is 12.1 Å². The van der Waals surface area contributed by atoms with Gasteiger partial charge in [-0.1, -0.05) is 0 Å². The van der Waals surface area contributed by atoms with Gasteiger partial charge in [0.15, 0.2) is 0 Å². The number of urea groups is 1. The van der Waals surface area contributed by atoms with Crippen molar-refractivity contribution in [3.63, 3.8) is 0 Å². The number of hydrogen-bond acceptors (Lipinski definition) is 7. The van der Waals surface area contributed by atoms with E-state index in [0.29, 0.717) is 18.2 Å². The van der Waals surface area contributed by atoms with Gasteiger partial charge in [0.25, 0.3) is 0 Å². The van der Waals surface area contributed by atoms with Crippen LogP contribution in [0.1, 0.15) is 6.92 Å². The lowest BCUT2D eigenvalue weighted by atomic mass is 10.3. The van der Waals surface area contributed by atoms with E-state index in [4.69, 9.17) is 4.74 Å². The van der Waals surface area contributed by atoms with Crippen LogP contribution in [0.3, 0.4) is 0 Å². The number of nitrogens with one attached hydrogen (secondary N) is 2. The first-order valence-corrected chi connectivity index (χ1v) is 8.60. The van der Waals surface area contributed by atoms with Crippen LogP contribution in [-0.4, -0.2) is 50.0 Å². The topological polar surface area (TPSA) is 92.8 Å². The summed E-state index contributed by atoms with van der Waals surface area (Å²) >= 11 is 4.44. The van der Waals surface area contributed by atoms with Gasteiger partial charge in [-0.05, 0) is 28.9 Å². The van der Waals surface area contributed by atoms with Gasteiger partial charge in [-0.3, -0.25) is 4.72 Å². The lowest BCUT2D eigenvalue weighted by molar-refractivity contribution is 0.122. The van der Waals surface area contributed by atoms with Crippen LogP contribution in [0, 0.1) is 0 Å². The molecule has 0 atom stereocenters. The van der Waals surface area contributed by atoms with Crippen LogP contribution in [0.2, 0.25) is 0 Å². The highest BCUT2D eigenvalue weighted by Gasteiger charge is 2.18. The second-order valence-electron chi connectivity index (χ2n) is 4.46. The number of anilines is 1. The van der Waals surface area contributed by atoms with E-state index in [1.165, 1.54) is 0 Å². The van der Waals surface area contributed by atoms with Gasteiger partial charge in [-0.2, -0.15) is 0 Å². The summed E-state index contributed by atoms with van der Waals surface area (Å²) in [4.78, 5) is 29.3. The Labute approximate surface area is 146 Å². The first kappa shape index (κ1) is 17.8. The Balaban J connectivity index is 1.99. The fraction of sp³-hybridized carbons (Fsp3) is 0.462.